The normalized spacial score (nSPS) is 11.3. The summed E-state index contributed by atoms with van der Waals surface area (Å²) < 4.78 is 12.9. The van der Waals surface area contributed by atoms with Crippen molar-refractivity contribution in [2.45, 2.75) is 27.7 Å². The van der Waals surface area contributed by atoms with E-state index in [9.17, 15) is 9.18 Å². The Labute approximate surface area is 108 Å². The summed E-state index contributed by atoms with van der Waals surface area (Å²) in [5.41, 5.74) is 0.314. The summed E-state index contributed by atoms with van der Waals surface area (Å²) in [7, 11) is 0. The highest BCUT2D eigenvalue weighted by molar-refractivity contribution is 5.93. The first kappa shape index (κ1) is 14.6. The average molecular weight is 252 g/mol. The fourth-order valence-electron chi connectivity index (χ4n) is 2.10. The number of nitrogens with zero attached hydrogens (tertiary/aromatic N) is 1. The molecule has 0 atom stereocenters. The number of halogens is 1. The first-order chi connectivity index (χ1) is 8.41. The molecule has 0 fully saturated rings. The van der Waals surface area contributed by atoms with Crippen LogP contribution in [0.4, 0.5) is 4.39 Å². The zero-order chi connectivity index (χ0) is 13.7. The highest BCUT2D eigenvalue weighted by Crippen LogP contribution is 2.19. The van der Waals surface area contributed by atoms with Crippen LogP contribution in [0.2, 0.25) is 0 Å². The second kappa shape index (κ2) is 6.47. The highest BCUT2D eigenvalue weighted by atomic mass is 19.1. The third-order valence-corrected chi connectivity index (χ3v) is 3.20. The van der Waals surface area contributed by atoms with Crippen LogP contribution >= 0.6 is 0 Å². The quantitative estimate of drug-likeness (QED) is 0.819. The third kappa shape index (κ3) is 4.09. The Bertz CT molecular complexity index is 397. The summed E-state index contributed by atoms with van der Waals surface area (Å²) in [5, 5.41) is 2.86. The lowest BCUT2D eigenvalue weighted by Crippen LogP contribution is -2.34. The third-order valence-electron chi connectivity index (χ3n) is 3.20. The zero-order valence-electron chi connectivity index (χ0n) is 11.4. The summed E-state index contributed by atoms with van der Waals surface area (Å²) in [6.45, 7) is 9.18. The lowest BCUT2D eigenvalue weighted by atomic mass is 9.85. The van der Waals surface area contributed by atoms with E-state index in [1.54, 1.807) is 0 Å². The van der Waals surface area contributed by atoms with Crippen LogP contribution in [0, 0.1) is 23.7 Å². The van der Waals surface area contributed by atoms with Gasteiger partial charge < -0.3 is 5.32 Å². The van der Waals surface area contributed by atoms with E-state index in [0.29, 0.717) is 29.9 Å². The molecule has 18 heavy (non-hydrogen) atoms. The van der Waals surface area contributed by atoms with Crippen LogP contribution in [-0.4, -0.2) is 17.4 Å². The first-order valence-electron chi connectivity index (χ1n) is 6.31. The number of carbonyl (C=O) groups excluding carboxylic acids is 1. The molecule has 1 aromatic rings. The molecule has 100 valence electrons. The number of nitrogens with one attached hydrogen (secondary N) is 1. The number of rotatable bonds is 5. The molecular formula is C14H21FN2O. The van der Waals surface area contributed by atoms with Crippen molar-refractivity contribution in [2.24, 2.45) is 17.8 Å². The molecule has 1 aromatic heterocycles. The molecule has 1 N–H and O–H groups in total. The van der Waals surface area contributed by atoms with Crippen molar-refractivity contribution in [1.82, 2.24) is 10.3 Å². The van der Waals surface area contributed by atoms with Crippen molar-refractivity contribution < 1.29 is 9.18 Å². The summed E-state index contributed by atoms with van der Waals surface area (Å²) in [6, 6.07) is 2.66. The van der Waals surface area contributed by atoms with Gasteiger partial charge >= 0.3 is 0 Å². The van der Waals surface area contributed by atoms with Gasteiger partial charge in [-0.05, 0) is 23.8 Å². The van der Waals surface area contributed by atoms with E-state index < -0.39 is 5.95 Å². The summed E-state index contributed by atoms with van der Waals surface area (Å²) in [6.07, 6.45) is 1.30. The maximum atomic E-state index is 12.9. The van der Waals surface area contributed by atoms with Gasteiger partial charge in [-0.3, -0.25) is 4.79 Å². The van der Waals surface area contributed by atoms with Crippen molar-refractivity contribution in [1.29, 1.82) is 0 Å². The van der Waals surface area contributed by atoms with Gasteiger partial charge in [0.05, 0.1) is 0 Å². The van der Waals surface area contributed by atoms with E-state index >= 15 is 0 Å². The number of amides is 1. The van der Waals surface area contributed by atoms with Gasteiger partial charge in [0.1, 0.15) is 0 Å². The second-order valence-corrected chi connectivity index (χ2v) is 5.23. The molecule has 0 unspecified atom stereocenters. The number of hydrogen-bond acceptors (Lipinski definition) is 2. The molecule has 1 amide bonds. The Kier molecular flexibility index (Phi) is 5.25. The highest BCUT2D eigenvalue weighted by Gasteiger charge is 2.18. The van der Waals surface area contributed by atoms with Gasteiger partial charge in [0.15, 0.2) is 0 Å². The molecule has 0 saturated carbocycles. The summed E-state index contributed by atoms with van der Waals surface area (Å²) in [4.78, 5) is 15.3. The topological polar surface area (TPSA) is 42.0 Å². The van der Waals surface area contributed by atoms with Crippen LogP contribution in [0.1, 0.15) is 38.1 Å². The first-order valence-corrected chi connectivity index (χ1v) is 6.31. The molecule has 0 spiro atoms. The van der Waals surface area contributed by atoms with Crippen molar-refractivity contribution in [3.05, 3.63) is 29.8 Å². The fraction of sp³-hybridized carbons (Fsp3) is 0.571. The lowest BCUT2D eigenvalue weighted by Gasteiger charge is -2.25. The minimum absolute atomic E-state index is 0.248. The van der Waals surface area contributed by atoms with E-state index in [1.807, 2.05) is 0 Å². The number of pyridine rings is 1. The van der Waals surface area contributed by atoms with Crippen LogP contribution in [0.5, 0.6) is 0 Å². The van der Waals surface area contributed by atoms with Gasteiger partial charge in [0.2, 0.25) is 5.95 Å². The maximum Gasteiger partial charge on any atom is 0.251 e. The van der Waals surface area contributed by atoms with Gasteiger partial charge in [-0.25, -0.2) is 4.98 Å². The van der Waals surface area contributed by atoms with Crippen molar-refractivity contribution in [3.8, 4) is 0 Å². The molecule has 0 radical (unpaired) electrons. The minimum Gasteiger partial charge on any atom is -0.352 e. The Hall–Kier alpha value is -1.45. The Balaban J connectivity index is 2.60. The van der Waals surface area contributed by atoms with Crippen molar-refractivity contribution >= 4 is 5.91 Å². The van der Waals surface area contributed by atoms with Gasteiger partial charge in [0.25, 0.3) is 5.91 Å². The van der Waals surface area contributed by atoms with Crippen LogP contribution in [0.25, 0.3) is 0 Å². The molecule has 0 aliphatic rings. The fourth-order valence-corrected chi connectivity index (χ4v) is 2.10. The summed E-state index contributed by atoms with van der Waals surface area (Å²) >= 11 is 0. The Morgan fingerprint density at radius 2 is 1.94 bits per heavy atom. The standard InChI is InChI=1S/C14H21FN2O/c1-9(2)12(10(3)4)8-17-14(18)11-5-6-16-13(15)7-11/h5-7,9-10,12H,8H2,1-4H3,(H,17,18). The number of hydrogen-bond donors (Lipinski definition) is 1. The average Bonchev–Trinajstić information content (AvgIpc) is 2.28. The van der Waals surface area contributed by atoms with E-state index in [0.717, 1.165) is 6.07 Å². The van der Waals surface area contributed by atoms with E-state index in [1.165, 1.54) is 12.3 Å². The van der Waals surface area contributed by atoms with Gasteiger partial charge in [-0.2, -0.15) is 4.39 Å². The molecule has 4 heteroatoms. The molecular weight excluding hydrogens is 231 g/mol. The molecule has 1 rings (SSSR count). The SMILES string of the molecule is CC(C)C(CNC(=O)c1ccnc(F)c1)C(C)C. The van der Waals surface area contributed by atoms with Crippen LogP contribution in [0.15, 0.2) is 18.3 Å². The second-order valence-electron chi connectivity index (χ2n) is 5.23. The molecule has 0 bridgehead atoms. The number of aromatic nitrogens is 1. The molecule has 1 heterocycles. The van der Waals surface area contributed by atoms with Gasteiger partial charge in [-0.15, -0.1) is 0 Å². The predicted octanol–water partition coefficient (Wildman–Crippen LogP) is 2.88. The predicted molar refractivity (Wildman–Crippen MR) is 69.7 cm³/mol. The molecule has 0 aromatic carbocycles. The largest absolute Gasteiger partial charge is 0.352 e. The van der Waals surface area contributed by atoms with Gasteiger partial charge in [-0.1, -0.05) is 27.7 Å². The smallest absolute Gasteiger partial charge is 0.251 e. The van der Waals surface area contributed by atoms with Crippen LogP contribution < -0.4 is 5.32 Å². The van der Waals surface area contributed by atoms with Crippen LogP contribution in [0.3, 0.4) is 0 Å². The summed E-state index contributed by atoms with van der Waals surface area (Å²) in [5.74, 6) is 0.536. The van der Waals surface area contributed by atoms with E-state index in [-0.39, 0.29) is 5.91 Å². The molecule has 3 nitrogen and oxygen atoms in total. The van der Waals surface area contributed by atoms with Crippen molar-refractivity contribution in [3.63, 3.8) is 0 Å². The van der Waals surface area contributed by atoms with Crippen LogP contribution in [-0.2, 0) is 0 Å². The lowest BCUT2D eigenvalue weighted by molar-refractivity contribution is 0.0936. The molecule has 0 aliphatic carbocycles. The minimum atomic E-state index is -0.632. The maximum absolute atomic E-state index is 12.9. The molecule has 0 saturated heterocycles. The van der Waals surface area contributed by atoms with Gasteiger partial charge in [0, 0.05) is 24.4 Å². The monoisotopic (exact) mass is 252 g/mol. The Morgan fingerprint density at radius 1 is 1.33 bits per heavy atom. The van der Waals surface area contributed by atoms with Crippen molar-refractivity contribution in [2.75, 3.05) is 6.54 Å². The Morgan fingerprint density at radius 3 is 2.44 bits per heavy atom. The zero-order valence-corrected chi connectivity index (χ0v) is 11.4. The van der Waals surface area contributed by atoms with E-state index in [4.69, 9.17) is 0 Å². The van der Waals surface area contributed by atoms with E-state index in [2.05, 4.69) is 38.0 Å². The number of carbonyl (C=O) groups is 1. The molecule has 0 aliphatic heterocycles.